The maximum Gasteiger partial charge on any atom is 0.450 e. The Hall–Kier alpha value is -9.12. The van der Waals surface area contributed by atoms with E-state index in [0.29, 0.717) is 38.5 Å². The van der Waals surface area contributed by atoms with Crippen molar-refractivity contribution < 1.29 is 254 Å². The van der Waals surface area contributed by atoms with E-state index in [1.54, 1.807) is 62.3 Å². The average molecular weight is 2270 g/mol. The van der Waals surface area contributed by atoms with E-state index in [2.05, 4.69) is 0 Å². The summed E-state index contributed by atoms with van der Waals surface area (Å²) in [6.45, 7) is 32.0. The van der Waals surface area contributed by atoms with Gasteiger partial charge in [0.05, 0.1) is 109 Å². The van der Waals surface area contributed by atoms with Gasteiger partial charge in [-0.05, 0) is 97.3 Å². The Bertz CT molecular complexity index is 4100. The summed E-state index contributed by atoms with van der Waals surface area (Å²) in [5, 5.41) is 0. The number of ketones is 20. The van der Waals surface area contributed by atoms with Gasteiger partial charge in [0.2, 0.25) is 28.9 Å². The minimum atomic E-state index is -4.90. The molecule has 0 aromatic carbocycles. The van der Waals surface area contributed by atoms with Gasteiger partial charge < -0.3 is 0 Å². The van der Waals surface area contributed by atoms with Gasteiger partial charge in [-0.2, -0.15) is 158 Å². The minimum Gasteiger partial charge on any atom is -0.300 e. The zero-order valence-electron chi connectivity index (χ0n) is 86.1. The van der Waals surface area contributed by atoms with Crippen LogP contribution in [0.3, 0.4) is 0 Å². The number of alkyl halides is 36. The van der Waals surface area contributed by atoms with Crippen molar-refractivity contribution in [2.45, 2.75) is 406 Å². The predicted octanol–water partition coefficient (Wildman–Crippen LogP) is 27.5. The van der Waals surface area contributed by atoms with Crippen molar-refractivity contribution in [2.24, 2.45) is 70.5 Å². The summed E-state index contributed by atoms with van der Waals surface area (Å²) in [6, 6.07) is 0. The number of rotatable bonds is 51. The molecule has 5 unspecified atom stereocenters. The van der Waals surface area contributed by atoms with Crippen LogP contribution >= 0.6 is 0 Å². The molecule has 0 rings (SSSR count). The van der Waals surface area contributed by atoms with Gasteiger partial charge in [0, 0.05) is 71.0 Å². The fourth-order valence-corrected chi connectivity index (χ4v) is 11.5. The van der Waals surface area contributed by atoms with E-state index in [1.165, 1.54) is 55.4 Å². The smallest absolute Gasteiger partial charge is 0.300 e. The monoisotopic (exact) mass is 2260 g/mol. The fraction of sp³-hybridized carbons (Fsp3) is 0.787. The number of hydrogen-bond donors (Lipinski definition) is 0. The maximum absolute atomic E-state index is 12.3. The van der Waals surface area contributed by atoms with Crippen LogP contribution in [0.2, 0.25) is 0 Å². The second kappa shape index (κ2) is 74.0. The lowest BCUT2D eigenvalue weighted by Crippen LogP contribution is -2.33. The maximum atomic E-state index is 12.3. The number of carbonyl (C=O) groups excluding carboxylic acids is 20. The number of Topliss-reactive ketones (excluding diaryl/α,β-unsaturated/α-hetero) is 20. The topological polar surface area (TPSA) is 341 Å². The molecule has 0 aliphatic carbocycles. The minimum absolute atomic E-state index is 0.0157. The highest BCUT2D eigenvalue weighted by atomic mass is 19.5. The lowest BCUT2D eigenvalue weighted by Gasteiger charge is -2.24. The van der Waals surface area contributed by atoms with Gasteiger partial charge >= 0.3 is 74.1 Å². The molecule has 0 aliphatic rings. The van der Waals surface area contributed by atoms with Crippen molar-refractivity contribution >= 4 is 116 Å². The Morgan fingerprint density at radius 2 is 0.347 bits per heavy atom. The van der Waals surface area contributed by atoms with E-state index in [-0.39, 0.29) is 80.7 Å². The highest BCUT2D eigenvalue weighted by molar-refractivity contribution is 6.07. The van der Waals surface area contributed by atoms with Gasteiger partial charge in [-0.25, -0.2) is 0 Å². The molecule has 0 radical (unpaired) electrons. The molecule has 0 N–H and O–H groups in total. The first-order chi connectivity index (χ1) is 66.8. The molecule has 20 nitrogen and oxygen atoms in total. The van der Waals surface area contributed by atoms with Gasteiger partial charge in [0.1, 0.15) is 86.7 Å². The normalized spacial score (nSPS) is 13.2. The zero-order chi connectivity index (χ0) is 122. The molecule has 0 aromatic rings. The second-order valence-corrected chi connectivity index (χ2v) is 35.3. The van der Waals surface area contributed by atoms with Crippen molar-refractivity contribution in [2.75, 3.05) is 0 Å². The van der Waals surface area contributed by atoms with Gasteiger partial charge in [0.15, 0.2) is 0 Å². The van der Waals surface area contributed by atoms with Crippen LogP contribution in [0.5, 0.6) is 0 Å². The Kier molecular flexibility index (Phi) is 79.4. The van der Waals surface area contributed by atoms with Crippen molar-refractivity contribution in [1.29, 1.82) is 0 Å². The molecule has 0 aliphatic heterocycles. The van der Waals surface area contributed by atoms with Crippen LogP contribution < -0.4 is 0 Å². The Morgan fingerprint density at radius 3 is 0.527 bits per heavy atom. The van der Waals surface area contributed by atoms with Crippen LogP contribution in [0, 0.1) is 70.5 Å². The van der Waals surface area contributed by atoms with Crippen LogP contribution in [-0.4, -0.2) is 190 Å². The molecule has 0 fully saturated rings. The summed E-state index contributed by atoms with van der Waals surface area (Å²) in [6.07, 6.45) is -71.0. The summed E-state index contributed by atoms with van der Waals surface area (Å²) in [5.74, 6) is -29.6. The van der Waals surface area contributed by atoms with Crippen molar-refractivity contribution in [3.8, 4) is 0 Å². The number of carbonyl (C=O) groups is 20. The molecule has 0 amide bonds. The molecule has 0 spiro atoms. The lowest BCUT2D eigenvalue weighted by molar-refractivity contribution is -0.178. The van der Waals surface area contributed by atoms with Gasteiger partial charge in [-0.1, -0.05) is 125 Å². The first kappa shape index (κ1) is 161. The molecule has 56 heteroatoms. The molecular weight excluding hydrogens is 2130 g/mol. The van der Waals surface area contributed by atoms with E-state index in [0.717, 1.165) is 13.8 Å². The fourth-order valence-electron chi connectivity index (χ4n) is 11.5. The third kappa shape index (κ3) is 91.5. The Morgan fingerprint density at radius 1 is 0.187 bits per heavy atom. The third-order valence-corrected chi connectivity index (χ3v) is 20.8. The van der Waals surface area contributed by atoms with Gasteiger partial charge in [0.25, 0.3) is 0 Å². The first-order valence-electron chi connectivity index (χ1n) is 46.1. The highest BCUT2D eigenvalue weighted by Gasteiger charge is 2.48. The van der Waals surface area contributed by atoms with E-state index in [9.17, 15) is 254 Å². The van der Waals surface area contributed by atoms with Crippen LogP contribution in [0.1, 0.15) is 332 Å². The Labute approximate surface area is 843 Å². The van der Waals surface area contributed by atoms with Crippen LogP contribution in [0.15, 0.2) is 0 Å². The zero-order valence-corrected chi connectivity index (χ0v) is 86.1. The molecule has 0 bridgehead atoms. The van der Waals surface area contributed by atoms with Crippen LogP contribution in [0.25, 0.3) is 0 Å². The molecule has 5 atom stereocenters. The molecule has 0 saturated heterocycles. The highest BCUT2D eigenvalue weighted by Crippen LogP contribution is 2.38. The van der Waals surface area contributed by atoms with Crippen LogP contribution in [0.4, 0.5) is 158 Å². The predicted molar refractivity (Wildman–Crippen MR) is 467 cm³/mol. The number of hydrogen-bond acceptors (Lipinski definition) is 20. The largest absolute Gasteiger partial charge is 0.450 e. The lowest BCUT2D eigenvalue weighted by atomic mass is 9.78. The van der Waals surface area contributed by atoms with E-state index >= 15 is 0 Å². The SMILES string of the molecule is CC(=O)CC(=O)C(CC(F)(F)F)CC(F)(F)F.CC(=O)CC(=O)C(F)(F)F.CC(C)C(=O)CC(=O)C(F)(F)F.CC(C)CC(=O)CC(=O)C(F)(F)F.CCC(C)(CC)C(=O)CC(=O)C(F)(F)F.CCC(CC(F)(F)F)C(=O)CC(=O)C(C)C.CCC(CC(F)(F)F)C(=O)CC(=O)C(CC)CC(F)(F)F.CCC(CC(F)(F)F)C(=O)CC(C)=O.CCC(CC)C(=O)CC(=O)C(CC)CC(F)(F)F.CCC(CC)C(=O)CC(=O)C(F)(F)F. The summed E-state index contributed by atoms with van der Waals surface area (Å²) >= 11 is 0. The average Bonchev–Trinajstić information content (AvgIpc) is 0.842. The molecule has 0 saturated carbocycles. The Balaban J connectivity index is -0.000000182. The van der Waals surface area contributed by atoms with E-state index in [1.807, 2.05) is 13.8 Å². The molecule has 150 heavy (non-hydrogen) atoms. The third-order valence-electron chi connectivity index (χ3n) is 20.8. The van der Waals surface area contributed by atoms with Gasteiger partial charge in [-0.3, -0.25) is 95.9 Å². The quantitative estimate of drug-likeness (QED) is 0.0403. The summed E-state index contributed by atoms with van der Waals surface area (Å²) in [7, 11) is 0. The summed E-state index contributed by atoms with van der Waals surface area (Å²) < 4.78 is 429. The van der Waals surface area contributed by atoms with Crippen molar-refractivity contribution in [3.63, 3.8) is 0 Å². The van der Waals surface area contributed by atoms with Crippen LogP contribution in [-0.2, 0) is 95.9 Å². The second-order valence-electron chi connectivity index (χ2n) is 35.3. The van der Waals surface area contributed by atoms with Crippen molar-refractivity contribution in [3.05, 3.63) is 0 Å². The first-order valence-corrected chi connectivity index (χ1v) is 46.1. The molecular formula is C94H132F36O20. The summed E-state index contributed by atoms with van der Waals surface area (Å²) in [5.41, 5.74) is -0.819. The van der Waals surface area contributed by atoms with Gasteiger partial charge in [-0.15, -0.1) is 0 Å². The van der Waals surface area contributed by atoms with Crippen molar-refractivity contribution in [1.82, 2.24) is 0 Å². The van der Waals surface area contributed by atoms with E-state index < -0.39 is 327 Å². The molecule has 880 valence electrons. The molecule has 0 heterocycles. The number of halogens is 36. The standard InChI is InChI=1S/C13H18F6O2.C13H21F3O2.C11H17F3O2.C10H15F3O2.C9H10F6O2.2C9H13F3O2.C8H11F3O2.C7H9F3O2.C5H5F3O2/c1-3-8(6-12(14,15)16)10(20)5-11(21)9(4-2)7-13(17,18)19;1-4-9(5-2)11(17)7-12(18)10(6-3)8-13(14,15)16;1-4-8(6-11(12,13)14)10(16)5-9(15)7(2)3;1-4-9(3,5-2)7(14)6-8(15)10(11,12)13;1-5(16)2-7(17)6(3-8(10,11)12)4-9(13,14)15;1-3-7(5-9(10,11)12)8(14)4-6(2)13;1-3-6(4-2)7(13)5-8(14)9(10,11)12;1-5(2)3-6(12)4-7(13)8(9,10)11;1-4(2)5(11)3-6(12)7(8,9)10;1-3(9)2-4(10)5(6,7)8/h8-9H,3-7H2,1-2H3;9-10H,4-8H2,1-3H3;7-8H,4-6H2,1-3H3;4-6H2,1-3H3;6H,2-4H2,1H3;7H,3-5H2,1-2H3;6H,3-5H2,1-2H3;5H,3-4H2,1-2H3;4H,3H2,1-2H3;2H2,1H3. The summed E-state index contributed by atoms with van der Waals surface area (Å²) in [4.78, 5) is 218. The molecule has 0 aromatic heterocycles. The van der Waals surface area contributed by atoms with E-state index in [4.69, 9.17) is 0 Å².